The van der Waals surface area contributed by atoms with Gasteiger partial charge in [-0.25, -0.2) is 32.6 Å². The van der Waals surface area contributed by atoms with Crippen molar-refractivity contribution in [3.63, 3.8) is 0 Å². The van der Waals surface area contributed by atoms with Crippen LogP contribution >= 0.6 is 0 Å². The van der Waals surface area contributed by atoms with Crippen LogP contribution in [0.15, 0.2) is 40.5 Å². The highest BCUT2D eigenvalue weighted by Gasteiger charge is 2.39. The monoisotopic (exact) mass is 532 g/mol. The molecule has 0 N–H and O–H groups in total. The van der Waals surface area contributed by atoms with Crippen molar-refractivity contribution in [2.75, 3.05) is 19.3 Å². The Kier molecular flexibility index (Phi) is 6.48. The van der Waals surface area contributed by atoms with E-state index in [1.54, 1.807) is 20.1 Å². The first-order valence-electron chi connectivity index (χ1n) is 11.4. The second-order valence-electron chi connectivity index (χ2n) is 8.86. The lowest BCUT2D eigenvalue weighted by atomic mass is 10.0. The molecule has 5 rings (SSSR count). The highest BCUT2D eigenvalue weighted by molar-refractivity contribution is 7.84. The summed E-state index contributed by atoms with van der Waals surface area (Å²) in [5.74, 6) is -1.89. The van der Waals surface area contributed by atoms with E-state index in [4.69, 9.17) is 4.74 Å². The fourth-order valence-electron chi connectivity index (χ4n) is 4.52. The van der Waals surface area contributed by atoms with Crippen LogP contribution in [0.25, 0.3) is 5.82 Å². The molecule has 13 heteroatoms. The smallest absolute Gasteiger partial charge is 0.341 e. The van der Waals surface area contributed by atoms with Crippen molar-refractivity contribution in [2.45, 2.75) is 37.3 Å². The Morgan fingerprint density at radius 3 is 2.46 bits per heavy atom. The Morgan fingerprint density at radius 2 is 1.81 bits per heavy atom. The van der Waals surface area contributed by atoms with E-state index < -0.39 is 46.4 Å². The minimum Gasteiger partial charge on any atom is -0.483 e. The summed E-state index contributed by atoms with van der Waals surface area (Å²) in [5, 5.41) is 9.65. The van der Waals surface area contributed by atoms with Crippen molar-refractivity contribution in [1.82, 2.24) is 24.7 Å². The molecule has 2 aliphatic rings. The van der Waals surface area contributed by atoms with Crippen LogP contribution in [0.3, 0.4) is 0 Å². The van der Waals surface area contributed by atoms with E-state index in [1.807, 2.05) is 0 Å². The molecule has 194 valence electrons. The maximum atomic E-state index is 14.5. The third-order valence-electron chi connectivity index (χ3n) is 6.24. The molecule has 0 saturated carbocycles. The van der Waals surface area contributed by atoms with Gasteiger partial charge in [0.25, 0.3) is 0 Å². The molecular formula is C24H23F3N6O3S. The zero-order chi connectivity index (χ0) is 26.4. The molecule has 3 aromatic rings. The highest BCUT2D eigenvalue weighted by Crippen LogP contribution is 2.32. The van der Waals surface area contributed by atoms with Gasteiger partial charge in [0.05, 0.1) is 52.4 Å². The van der Waals surface area contributed by atoms with Gasteiger partial charge in [-0.1, -0.05) is 0 Å². The first kappa shape index (κ1) is 24.9. The minimum atomic E-state index is -1.25. The number of hydrazone groups is 1. The molecule has 0 radical (unpaired) electrons. The molecule has 2 amide bonds. The van der Waals surface area contributed by atoms with Gasteiger partial charge < -0.3 is 9.64 Å². The number of benzene rings is 1. The molecule has 2 atom stereocenters. The summed E-state index contributed by atoms with van der Waals surface area (Å²) in [5.41, 5.74) is 1.52. The van der Waals surface area contributed by atoms with E-state index in [0.29, 0.717) is 34.1 Å². The van der Waals surface area contributed by atoms with Crippen molar-refractivity contribution < 1.29 is 26.9 Å². The first-order chi connectivity index (χ1) is 17.6. The molecule has 1 saturated heterocycles. The van der Waals surface area contributed by atoms with E-state index in [9.17, 15) is 22.2 Å². The molecular weight excluding hydrogens is 509 g/mol. The third-order valence-corrected chi connectivity index (χ3v) is 7.41. The van der Waals surface area contributed by atoms with Gasteiger partial charge in [0, 0.05) is 31.0 Å². The van der Waals surface area contributed by atoms with Gasteiger partial charge in [-0.05, 0) is 31.5 Å². The van der Waals surface area contributed by atoms with Crippen molar-refractivity contribution in [2.24, 2.45) is 5.10 Å². The molecule has 37 heavy (non-hydrogen) atoms. The van der Waals surface area contributed by atoms with Gasteiger partial charge in [0.15, 0.2) is 17.4 Å². The normalized spacial score (nSPS) is 18.3. The van der Waals surface area contributed by atoms with Crippen LogP contribution in [0.5, 0.6) is 5.75 Å². The van der Waals surface area contributed by atoms with Crippen molar-refractivity contribution in [1.29, 1.82) is 0 Å². The number of pyridine rings is 1. The number of urea groups is 1. The van der Waals surface area contributed by atoms with Crippen LogP contribution in [-0.2, 0) is 10.8 Å². The van der Waals surface area contributed by atoms with E-state index in [0.717, 1.165) is 12.3 Å². The number of amides is 2. The number of aromatic nitrogens is 3. The number of carbonyl (C=O) groups excluding carboxylic acids is 1. The molecule has 4 heterocycles. The number of ether oxygens (including phenoxy) is 1. The predicted molar refractivity (Wildman–Crippen MR) is 129 cm³/mol. The largest absolute Gasteiger partial charge is 0.483 e. The second-order valence-corrected chi connectivity index (χ2v) is 10.2. The van der Waals surface area contributed by atoms with Gasteiger partial charge in [0.1, 0.15) is 17.7 Å². The SMILES string of the molecule is Cc1nn(-c2cc(OC3CN(C(=O)N4N=CC[C@H]4c4cc(F)cc(F)c4)C3)c(F)cn2)c(C)c1S(C)=O. The van der Waals surface area contributed by atoms with Crippen LogP contribution in [0.4, 0.5) is 18.0 Å². The second kappa shape index (κ2) is 9.61. The lowest BCUT2D eigenvalue weighted by Gasteiger charge is -2.41. The number of carbonyl (C=O) groups is 1. The van der Waals surface area contributed by atoms with Crippen molar-refractivity contribution in [3.8, 4) is 11.6 Å². The number of rotatable bonds is 5. The van der Waals surface area contributed by atoms with Gasteiger partial charge in [-0.3, -0.25) is 4.21 Å². The summed E-state index contributed by atoms with van der Waals surface area (Å²) < 4.78 is 61.2. The van der Waals surface area contributed by atoms with Crippen LogP contribution < -0.4 is 4.74 Å². The van der Waals surface area contributed by atoms with Crippen LogP contribution in [0.1, 0.15) is 29.4 Å². The average Bonchev–Trinajstić information content (AvgIpc) is 3.40. The lowest BCUT2D eigenvalue weighted by Crippen LogP contribution is -2.58. The van der Waals surface area contributed by atoms with Crippen LogP contribution in [0, 0.1) is 31.3 Å². The number of hydrogen-bond donors (Lipinski definition) is 0. The minimum absolute atomic E-state index is 0.0545. The maximum Gasteiger partial charge on any atom is 0.341 e. The quantitative estimate of drug-likeness (QED) is 0.500. The maximum absolute atomic E-state index is 14.5. The van der Waals surface area contributed by atoms with Crippen LogP contribution in [0.2, 0.25) is 0 Å². The first-order valence-corrected chi connectivity index (χ1v) is 13.0. The molecule has 1 unspecified atom stereocenters. The summed E-state index contributed by atoms with van der Waals surface area (Å²) in [6.07, 6.45) is 3.94. The Hall–Kier alpha value is -3.74. The number of hydrogen-bond acceptors (Lipinski definition) is 6. The Morgan fingerprint density at radius 1 is 1.11 bits per heavy atom. The number of halogens is 3. The van der Waals surface area contributed by atoms with E-state index in [2.05, 4.69) is 15.2 Å². The molecule has 9 nitrogen and oxygen atoms in total. The lowest BCUT2D eigenvalue weighted by molar-refractivity contribution is 0.0256. The van der Waals surface area contributed by atoms with E-state index >= 15 is 0 Å². The summed E-state index contributed by atoms with van der Waals surface area (Å²) in [6, 6.07) is 3.46. The molecule has 0 spiro atoms. The molecule has 1 aromatic carbocycles. The highest BCUT2D eigenvalue weighted by atomic mass is 32.2. The summed E-state index contributed by atoms with van der Waals surface area (Å²) in [4.78, 5) is 19.1. The number of likely N-dealkylation sites (tertiary alicyclic amines) is 1. The van der Waals surface area contributed by atoms with E-state index in [-0.39, 0.29) is 18.8 Å². The summed E-state index contributed by atoms with van der Waals surface area (Å²) >= 11 is 0. The number of aryl methyl sites for hydroxylation is 1. The fraction of sp³-hybridized carbons (Fsp3) is 0.333. The standard InChI is InChI=1S/C24H23F3N6O3S/c1-13-23(37(3)35)14(2)32(30-13)22-9-21(19(27)10-28-22)36-18-11-31(12-18)24(34)33-20(4-5-29-33)15-6-16(25)8-17(26)7-15/h5-10,18,20H,4,11-12H2,1-3H3/t20-,37?/m0/s1. The Labute approximate surface area is 213 Å². The van der Waals surface area contributed by atoms with Crippen LogP contribution in [-0.4, -0.2) is 66.6 Å². The Balaban J connectivity index is 1.26. The molecule has 0 aliphatic carbocycles. The zero-order valence-corrected chi connectivity index (χ0v) is 21.0. The molecule has 1 fully saturated rings. The van der Waals surface area contributed by atoms with Crippen molar-refractivity contribution in [3.05, 3.63) is 64.9 Å². The average molecular weight is 533 g/mol. The molecule has 2 aliphatic heterocycles. The predicted octanol–water partition coefficient (Wildman–Crippen LogP) is 3.65. The topological polar surface area (TPSA) is 92.9 Å². The van der Waals surface area contributed by atoms with E-state index in [1.165, 1.54) is 39.0 Å². The number of nitrogens with zero attached hydrogens (tertiary/aromatic N) is 6. The molecule has 0 bridgehead atoms. The third kappa shape index (κ3) is 4.70. The summed E-state index contributed by atoms with van der Waals surface area (Å²) in [6.45, 7) is 3.83. The van der Waals surface area contributed by atoms with Crippen molar-refractivity contribution >= 4 is 23.0 Å². The summed E-state index contributed by atoms with van der Waals surface area (Å²) in [7, 11) is -1.25. The van der Waals surface area contributed by atoms with Gasteiger partial charge >= 0.3 is 6.03 Å². The molecule has 2 aromatic heterocycles. The van der Waals surface area contributed by atoms with Gasteiger partial charge in [-0.2, -0.15) is 10.2 Å². The Bertz CT molecular complexity index is 1420. The van der Waals surface area contributed by atoms with Gasteiger partial charge in [0.2, 0.25) is 0 Å². The fourth-order valence-corrected chi connectivity index (χ4v) is 5.48. The van der Waals surface area contributed by atoms with Gasteiger partial charge in [-0.15, -0.1) is 0 Å². The zero-order valence-electron chi connectivity index (χ0n) is 20.2.